The third-order valence-electron chi connectivity index (χ3n) is 3.61. The second-order valence-corrected chi connectivity index (χ2v) is 5.23. The Bertz CT molecular complexity index is 993. The van der Waals surface area contributed by atoms with Crippen LogP contribution in [-0.2, 0) is 0 Å². The lowest BCUT2D eigenvalue weighted by Gasteiger charge is -2.04. The summed E-state index contributed by atoms with van der Waals surface area (Å²) >= 11 is 0. The predicted molar refractivity (Wildman–Crippen MR) is 93.8 cm³/mol. The standard InChI is InChI=1S/C18H13N3O4/c22-17-9-8-12(10-16(17)21(24)25)11-19-20-18(23)15-7-3-5-13-4-1-2-6-14(13)15/h1-11,22H,(H,20,23)/b19-11+. The van der Waals surface area contributed by atoms with Crippen LogP contribution < -0.4 is 5.43 Å². The van der Waals surface area contributed by atoms with Crippen molar-refractivity contribution in [2.75, 3.05) is 0 Å². The zero-order chi connectivity index (χ0) is 17.8. The van der Waals surface area contributed by atoms with Crippen molar-refractivity contribution in [2.45, 2.75) is 0 Å². The molecule has 0 aliphatic carbocycles. The number of aromatic hydroxyl groups is 1. The number of fused-ring (bicyclic) bond motifs is 1. The third-order valence-corrected chi connectivity index (χ3v) is 3.61. The molecule has 0 saturated carbocycles. The molecular formula is C18H13N3O4. The summed E-state index contributed by atoms with van der Waals surface area (Å²) < 4.78 is 0. The molecule has 0 bridgehead atoms. The highest BCUT2D eigenvalue weighted by atomic mass is 16.6. The molecule has 0 atom stereocenters. The average Bonchev–Trinajstić information content (AvgIpc) is 2.62. The summed E-state index contributed by atoms with van der Waals surface area (Å²) in [7, 11) is 0. The van der Waals surface area contributed by atoms with Crippen LogP contribution in [0.5, 0.6) is 5.75 Å². The molecule has 0 aliphatic heterocycles. The second-order valence-electron chi connectivity index (χ2n) is 5.23. The average molecular weight is 335 g/mol. The summed E-state index contributed by atoms with van der Waals surface area (Å²) in [5.41, 5.74) is 2.83. The van der Waals surface area contributed by atoms with Gasteiger partial charge in [0.25, 0.3) is 5.91 Å². The fourth-order valence-corrected chi connectivity index (χ4v) is 2.42. The van der Waals surface area contributed by atoms with E-state index in [0.29, 0.717) is 11.1 Å². The summed E-state index contributed by atoms with van der Waals surface area (Å²) in [5.74, 6) is -0.816. The van der Waals surface area contributed by atoms with Crippen LogP contribution in [0.2, 0.25) is 0 Å². The van der Waals surface area contributed by atoms with Crippen LogP contribution in [0.15, 0.2) is 65.8 Å². The number of nitro groups is 1. The van der Waals surface area contributed by atoms with Gasteiger partial charge in [0.1, 0.15) is 0 Å². The van der Waals surface area contributed by atoms with E-state index in [4.69, 9.17) is 0 Å². The van der Waals surface area contributed by atoms with Crippen molar-refractivity contribution in [1.82, 2.24) is 5.43 Å². The number of hydrogen-bond donors (Lipinski definition) is 2. The molecule has 1 amide bonds. The molecule has 0 aromatic heterocycles. The maximum absolute atomic E-state index is 12.3. The van der Waals surface area contributed by atoms with Crippen molar-refractivity contribution in [2.24, 2.45) is 5.10 Å². The quantitative estimate of drug-likeness (QED) is 0.434. The first-order valence-electron chi connectivity index (χ1n) is 7.35. The van der Waals surface area contributed by atoms with Gasteiger partial charge in [-0.1, -0.05) is 36.4 Å². The number of hydrazone groups is 1. The van der Waals surface area contributed by atoms with Gasteiger partial charge in [0, 0.05) is 17.2 Å². The van der Waals surface area contributed by atoms with E-state index in [9.17, 15) is 20.0 Å². The molecule has 0 heterocycles. The first-order chi connectivity index (χ1) is 12.1. The number of rotatable bonds is 4. The third kappa shape index (κ3) is 3.45. The zero-order valence-corrected chi connectivity index (χ0v) is 12.9. The van der Waals surface area contributed by atoms with Crippen LogP contribution in [0.4, 0.5) is 5.69 Å². The lowest BCUT2D eigenvalue weighted by Crippen LogP contribution is -2.17. The number of hydrogen-bond acceptors (Lipinski definition) is 5. The normalized spacial score (nSPS) is 10.9. The van der Waals surface area contributed by atoms with Crippen LogP contribution in [0.3, 0.4) is 0 Å². The number of phenols is 1. The SMILES string of the molecule is O=C(N/N=C/c1ccc(O)c([N+](=O)[O-])c1)c1cccc2ccccc12. The van der Waals surface area contributed by atoms with Crippen molar-refractivity contribution >= 4 is 28.6 Å². The van der Waals surface area contributed by atoms with Crippen molar-refractivity contribution in [3.8, 4) is 5.75 Å². The van der Waals surface area contributed by atoms with Gasteiger partial charge in [-0.3, -0.25) is 14.9 Å². The fraction of sp³-hybridized carbons (Fsp3) is 0. The van der Waals surface area contributed by atoms with Crippen LogP contribution in [-0.4, -0.2) is 22.2 Å². The maximum Gasteiger partial charge on any atom is 0.311 e. The number of benzene rings is 3. The molecule has 0 aliphatic rings. The second kappa shape index (κ2) is 6.79. The summed E-state index contributed by atoms with van der Waals surface area (Å²) in [6.07, 6.45) is 1.27. The Hall–Kier alpha value is -3.74. The van der Waals surface area contributed by atoms with E-state index in [1.165, 1.54) is 24.4 Å². The molecule has 0 unspecified atom stereocenters. The molecule has 0 saturated heterocycles. The molecule has 124 valence electrons. The minimum atomic E-state index is -0.693. The molecule has 25 heavy (non-hydrogen) atoms. The topological polar surface area (TPSA) is 105 Å². The van der Waals surface area contributed by atoms with E-state index in [-0.39, 0.29) is 5.91 Å². The lowest BCUT2D eigenvalue weighted by molar-refractivity contribution is -0.385. The maximum atomic E-state index is 12.3. The predicted octanol–water partition coefficient (Wildman–Crippen LogP) is 3.22. The first kappa shape index (κ1) is 16.1. The van der Waals surface area contributed by atoms with Crippen molar-refractivity contribution < 1.29 is 14.8 Å². The first-order valence-corrected chi connectivity index (χ1v) is 7.35. The van der Waals surface area contributed by atoms with Crippen LogP contribution in [0.25, 0.3) is 10.8 Å². The highest BCUT2D eigenvalue weighted by Gasteiger charge is 2.13. The molecule has 7 heteroatoms. The van der Waals surface area contributed by atoms with Crippen molar-refractivity contribution in [1.29, 1.82) is 0 Å². The van der Waals surface area contributed by atoms with Crippen molar-refractivity contribution in [3.05, 3.63) is 81.9 Å². The monoisotopic (exact) mass is 335 g/mol. The molecule has 0 fully saturated rings. The molecule has 0 radical (unpaired) electrons. The van der Waals surface area contributed by atoms with Crippen LogP contribution in [0.1, 0.15) is 15.9 Å². The smallest absolute Gasteiger partial charge is 0.311 e. The van der Waals surface area contributed by atoms with Gasteiger partial charge in [-0.25, -0.2) is 5.43 Å². The Balaban J connectivity index is 1.79. The molecule has 0 spiro atoms. The highest BCUT2D eigenvalue weighted by Crippen LogP contribution is 2.25. The molecule has 3 aromatic rings. The highest BCUT2D eigenvalue weighted by molar-refractivity contribution is 6.07. The van der Waals surface area contributed by atoms with E-state index in [2.05, 4.69) is 10.5 Å². The van der Waals surface area contributed by atoms with E-state index in [1.807, 2.05) is 30.3 Å². The Morgan fingerprint density at radius 1 is 1.12 bits per heavy atom. The largest absolute Gasteiger partial charge is 0.502 e. The number of nitrogens with one attached hydrogen (secondary N) is 1. The van der Waals surface area contributed by atoms with Gasteiger partial charge in [-0.2, -0.15) is 5.10 Å². The van der Waals surface area contributed by atoms with E-state index in [0.717, 1.165) is 10.8 Å². The van der Waals surface area contributed by atoms with Gasteiger partial charge < -0.3 is 5.11 Å². The van der Waals surface area contributed by atoms with Gasteiger partial charge in [0.2, 0.25) is 0 Å². The van der Waals surface area contributed by atoms with E-state index in [1.54, 1.807) is 12.1 Å². The van der Waals surface area contributed by atoms with E-state index >= 15 is 0 Å². The zero-order valence-electron chi connectivity index (χ0n) is 12.9. The Morgan fingerprint density at radius 3 is 2.68 bits per heavy atom. The molecule has 2 N–H and O–H groups in total. The summed E-state index contributed by atoms with van der Waals surface area (Å²) in [6, 6.07) is 16.7. The summed E-state index contributed by atoms with van der Waals surface area (Å²) in [6.45, 7) is 0. The molecule has 3 aromatic carbocycles. The minimum absolute atomic E-state index is 0.378. The number of amides is 1. The summed E-state index contributed by atoms with van der Waals surface area (Å²) in [5, 5.41) is 25.8. The molecule has 7 nitrogen and oxygen atoms in total. The number of phenolic OH excluding ortho intramolecular Hbond substituents is 1. The van der Waals surface area contributed by atoms with Crippen LogP contribution >= 0.6 is 0 Å². The lowest BCUT2D eigenvalue weighted by atomic mass is 10.0. The molecular weight excluding hydrogens is 322 g/mol. The number of carbonyl (C=O) groups is 1. The van der Waals surface area contributed by atoms with Gasteiger partial charge in [0.15, 0.2) is 5.75 Å². The number of nitrogens with zero attached hydrogens (tertiary/aromatic N) is 2. The van der Waals surface area contributed by atoms with Gasteiger partial charge >= 0.3 is 5.69 Å². The molecule has 3 rings (SSSR count). The van der Waals surface area contributed by atoms with Crippen LogP contribution in [0, 0.1) is 10.1 Å². The number of nitro benzene ring substituents is 1. The van der Waals surface area contributed by atoms with Crippen molar-refractivity contribution in [3.63, 3.8) is 0 Å². The number of carbonyl (C=O) groups excluding carboxylic acids is 1. The van der Waals surface area contributed by atoms with Gasteiger partial charge in [-0.05, 0) is 29.0 Å². The Labute approximate surface area is 142 Å². The Morgan fingerprint density at radius 2 is 1.88 bits per heavy atom. The minimum Gasteiger partial charge on any atom is -0.502 e. The van der Waals surface area contributed by atoms with E-state index < -0.39 is 16.4 Å². The Kier molecular flexibility index (Phi) is 4.38. The summed E-state index contributed by atoms with van der Waals surface area (Å²) in [4.78, 5) is 22.4. The fourth-order valence-electron chi connectivity index (χ4n) is 2.42. The van der Waals surface area contributed by atoms with Gasteiger partial charge in [0.05, 0.1) is 11.1 Å². The van der Waals surface area contributed by atoms with Gasteiger partial charge in [-0.15, -0.1) is 0 Å².